The number of ketones is 1. The van der Waals surface area contributed by atoms with Crippen LogP contribution >= 0.6 is 0 Å². The highest BCUT2D eigenvalue weighted by Gasteiger charge is 2.45. The van der Waals surface area contributed by atoms with E-state index in [4.69, 9.17) is 14.2 Å². The molecule has 0 spiro atoms. The van der Waals surface area contributed by atoms with Gasteiger partial charge in [-0.05, 0) is 68.0 Å². The maximum atomic E-state index is 12.3. The number of pyridine rings is 1. The Bertz CT molecular complexity index is 1410. The molecule has 3 aromatic carbocycles. The van der Waals surface area contributed by atoms with Crippen molar-refractivity contribution in [2.45, 2.75) is 31.7 Å². The molecule has 5 rings (SSSR count). The molecule has 1 aliphatic rings. The monoisotopic (exact) mass is 470 g/mol. The number of carbonyl (C=O) groups is 1. The van der Waals surface area contributed by atoms with Gasteiger partial charge in [0.2, 0.25) is 0 Å². The van der Waals surface area contributed by atoms with Gasteiger partial charge in [0, 0.05) is 29.6 Å². The number of rotatable bonds is 9. The highest BCUT2D eigenvalue weighted by molar-refractivity contribution is 6.08. The standard InChI is InChI=1S/C29H30N2O4/c1-5-25(32)22-8-6-7-19-15-20(9-10-21(19)22)35-26-11-14-30-24-17-28(27(33-4)16-23(24)26)34-18-29(12-13-29)31(2)3/h6-11,14-17H,5,12-13,18H2,1-4H3. The first-order valence-corrected chi connectivity index (χ1v) is 11.9. The van der Waals surface area contributed by atoms with E-state index in [2.05, 4.69) is 24.0 Å². The van der Waals surface area contributed by atoms with Gasteiger partial charge in [0.05, 0.1) is 18.2 Å². The smallest absolute Gasteiger partial charge is 0.163 e. The van der Waals surface area contributed by atoms with E-state index in [9.17, 15) is 4.79 Å². The fourth-order valence-electron chi connectivity index (χ4n) is 4.45. The third kappa shape index (κ3) is 4.42. The highest BCUT2D eigenvalue weighted by Crippen LogP contribution is 2.42. The number of hydrogen-bond donors (Lipinski definition) is 0. The predicted molar refractivity (Wildman–Crippen MR) is 138 cm³/mol. The van der Waals surface area contributed by atoms with Crippen LogP contribution in [-0.4, -0.2) is 49.0 Å². The van der Waals surface area contributed by atoms with Crippen molar-refractivity contribution in [3.63, 3.8) is 0 Å². The van der Waals surface area contributed by atoms with Crippen molar-refractivity contribution in [2.24, 2.45) is 0 Å². The van der Waals surface area contributed by atoms with E-state index < -0.39 is 0 Å². The van der Waals surface area contributed by atoms with Crippen molar-refractivity contribution in [2.75, 3.05) is 27.8 Å². The van der Waals surface area contributed by atoms with Crippen LogP contribution in [0, 0.1) is 0 Å². The number of aromatic nitrogens is 1. The lowest BCUT2D eigenvalue weighted by molar-refractivity contribution is 0.0989. The number of fused-ring (bicyclic) bond motifs is 2. The molecule has 0 amide bonds. The summed E-state index contributed by atoms with van der Waals surface area (Å²) in [6, 6.07) is 17.2. The van der Waals surface area contributed by atoms with Crippen LogP contribution in [0.2, 0.25) is 0 Å². The average molecular weight is 471 g/mol. The minimum Gasteiger partial charge on any atom is -0.493 e. The largest absolute Gasteiger partial charge is 0.493 e. The number of benzene rings is 3. The van der Waals surface area contributed by atoms with Crippen LogP contribution in [0.1, 0.15) is 36.5 Å². The molecule has 0 aliphatic heterocycles. The molecule has 0 saturated heterocycles. The van der Waals surface area contributed by atoms with Crippen LogP contribution in [0.4, 0.5) is 0 Å². The molecule has 6 heteroatoms. The summed E-state index contributed by atoms with van der Waals surface area (Å²) in [5.74, 6) is 2.81. The van der Waals surface area contributed by atoms with Crippen molar-refractivity contribution >= 4 is 27.5 Å². The van der Waals surface area contributed by atoms with Gasteiger partial charge in [-0.1, -0.05) is 25.1 Å². The van der Waals surface area contributed by atoms with Crippen molar-refractivity contribution in [3.05, 3.63) is 66.4 Å². The van der Waals surface area contributed by atoms with E-state index in [-0.39, 0.29) is 11.3 Å². The number of hydrogen-bond acceptors (Lipinski definition) is 6. The Balaban J connectivity index is 1.46. The molecule has 1 saturated carbocycles. The van der Waals surface area contributed by atoms with Crippen LogP contribution in [0.15, 0.2) is 60.8 Å². The molecule has 4 aromatic rings. The van der Waals surface area contributed by atoms with Gasteiger partial charge in [-0.2, -0.15) is 0 Å². The topological polar surface area (TPSA) is 60.9 Å². The molecule has 180 valence electrons. The average Bonchev–Trinajstić information content (AvgIpc) is 3.67. The summed E-state index contributed by atoms with van der Waals surface area (Å²) in [5, 5.41) is 2.73. The van der Waals surface area contributed by atoms with Gasteiger partial charge in [0.15, 0.2) is 17.3 Å². The van der Waals surface area contributed by atoms with E-state index in [0.29, 0.717) is 36.0 Å². The van der Waals surface area contributed by atoms with Crippen LogP contribution in [-0.2, 0) is 0 Å². The lowest BCUT2D eigenvalue weighted by Crippen LogP contribution is -2.35. The Labute approximate surface area is 205 Å². The molecule has 0 N–H and O–H groups in total. The van der Waals surface area contributed by atoms with Gasteiger partial charge >= 0.3 is 0 Å². The number of Topliss-reactive ketones (excluding diaryl/α,β-unsaturated/α-hetero) is 1. The molecule has 1 aromatic heterocycles. The summed E-state index contributed by atoms with van der Waals surface area (Å²) < 4.78 is 18.1. The van der Waals surface area contributed by atoms with Crippen LogP contribution < -0.4 is 14.2 Å². The lowest BCUT2D eigenvalue weighted by atomic mass is 10.00. The van der Waals surface area contributed by atoms with Crippen LogP contribution in [0.3, 0.4) is 0 Å². The molecule has 6 nitrogen and oxygen atoms in total. The highest BCUT2D eigenvalue weighted by atomic mass is 16.5. The Morgan fingerprint density at radius 2 is 1.83 bits per heavy atom. The quantitative estimate of drug-likeness (QED) is 0.269. The first-order valence-electron chi connectivity index (χ1n) is 11.9. The van der Waals surface area contributed by atoms with Gasteiger partial charge in [-0.3, -0.25) is 9.78 Å². The fourth-order valence-corrected chi connectivity index (χ4v) is 4.45. The minimum atomic E-state index is 0.107. The zero-order valence-electron chi connectivity index (χ0n) is 20.6. The summed E-state index contributed by atoms with van der Waals surface area (Å²) >= 11 is 0. The number of likely N-dealkylation sites (N-methyl/N-ethyl adjacent to an activating group) is 1. The maximum Gasteiger partial charge on any atom is 0.163 e. The number of nitrogens with zero attached hydrogens (tertiary/aromatic N) is 2. The molecular weight excluding hydrogens is 440 g/mol. The first kappa shape index (κ1) is 23.1. The summed E-state index contributed by atoms with van der Waals surface area (Å²) in [4.78, 5) is 19.1. The number of methoxy groups -OCH3 is 1. The van der Waals surface area contributed by atoms with Crippen molar-refractivity contribution in [1.29, 1.82) is 0 Å². The number of ether oxygens (including phenoxy) is 3. The Morgan fingerprint density at radius 1 is 1.00 bits per heavy atom. The molecule has 1 fully saturated rings. The fraction of sp³-hybridized carbons (Fsp3) is 0.310. The van der Waals surface area contributed by atoms with Gasteiger partial charge in [-0.15, -0.1) is 0 Å². The lowest BCUT2D eigenvalue weighted by Gasteiger charge is -2.24. The van der Waals surface area contributed by atoms with Crippen LogP contribution in [0.25, 0.3) is 21.7 Å². The minimum absolute atomic E-state index is 0.107. The third-order valence-electron chi connectivity index (χ3n) is 6.96. The van der Waals surface area contributed by atoms with E-state index in [1.165, 1.54) is 0 Å². The summed E-state index contributed by atoms with van der Waals surface area (Å²) in [6.07, 6.45) is 4.47. The van der Waals surface area contributed by atoms with E-state index >= 15 is 0 Å². The van der Waals surface area contributed by atoms with Crippen molar-refractivity contribution < 1.29 is 19.0 Å². The summed E-state index contributed by atoms with van der Waals surface area (Å²) in [7, 11) is 5.82. The molecule has 1 aliphatic carbocycles. The molecular formula is C29H30N2O4. The summed E-state index contributed by atoms with van der Waals surface area (Å²) in [5.41, 5.74) is 1.62. The Morgan fingerprint density at radius 3 is 2.54 bits per heavy atom. The van der Waals surface area contributed by atoms with Gasteiger partial charge in [-0.25, -0.2) is 0 Å². The summed E-state index contributed by atoms with van der Waals surface area (Å²) in [6.45, 7) is 2.49. The SMILES string of the molecule is CCC(=O)c1cccc2cc(Oc3ccnc4cc(OCC5(N(C)C)CC5)c(OC)cc34)ccc12. The van der Waals surface area contributed by atoms with Gasteiger partial charge in [0.1, 0.15) is 18.1 Å². The predicted octanol–water partition coefficient (Wildman–Crippen LogP) is 6.25. The maximum absolute atomic E-state index is 12.3. The van der Waals surface area contributed by atoms with Crippen LogP contribution in [0.5, 0.6) is 23.0 Å². The molecule has 1 heterocycles. The van der Waals surface area contributed by atoms with Gasteiger partial charge in [0.25, 0.3) is 0 Å². The molecule has 0 unspecified atom stereocenters. The zero-order chi connectivity index (χ0) is 24.6. The number of carbonyl (C=O) groups excluding carboxylic acids is 1. The Hall–Kier alpha value is -3.64. The first-order chi connectivity index (χ1) is 16.9. The Kier molecular flexibility index (Phi) is 6.07. The molecule has 0 bridgehead atoms. The van der Waals surface area contributed by atoms with Crippen molar-refractivity contribution in [3.8, 4) is 23.0 Å². The van der Waals surface area contributed by atoms with E-state index in [0.717, 1.165) is 40.1 Å². The second kappa shape index (κ2) is 9.19. The molecule has 0 radical (unpaired) electrons. The third-order valence-corrected chi connectivity index (χ3v) is 6.96. The normalized spacial score (nSPS) is 14.3. The van der Waals surface area contributed by atoms with E-state index in [1.807, 2.05) is 61.5 Å². The second-order valence-electron chi connectivity index (χ2n) is 9.30. The second-order valence-corrected chi connectivity index (χ2v) is 9.30. The van der Waals surface area contributed by atoms with Crippen molar-refractivity contribution in [1.82, 2.24) is 9.88 Å². The van der Waals surface area contributed by atoms with E-state index in [1.54, 1.807) is 13.3 Å². The van der Waals surface area contributed by atoms with Gasteiger partial charge < -0.3 is 19.1 Å². The molecule has 0 atom stereocenters. The zero-order valence-corrected chi connectivity index (χ0v) is 20.6. The molecule has 35 heavy (non-hydrogen) atoms.